The van der Waals surface area contributed by atoms with Crippen LogP contribution in [0.2, 0.25) is 0 Å². The molecular weight excluding hydrogens is 424 g/mol. The molecule has 3 unspecified atom stereocenters. The smallest absolute Gasteiger partial charge is 0.119 e. The van der Waals surface area contributed by atoms with Crippen molar-refractivity contribution in [2.24, 2.45) is 11.8 Å². The normalized spacial score (nSPS) is 24.4. The van der Waals surface area contributed by atoms with E-state index in [1.165, 1.54) is 12.8 Å². The van der Waals surface area contributed by atoms with E-state index in [0.29, 0.717) is 0 Å². The lowest BCUT2D eigenvalue weighted by Crippen LogP contribution is -2.55. The summed E-state index contributed by atoms with van der Waals surface area (Å²) in [7, 11) is 1.67. The number of aliphatic hydroxyl groups is 1. The Morgan fingerprint density at radius 1 is 1.09 bits per heavy atom. The molecule has 2 bridgehead atoms. The number of piperidine rings is 3. The van der Waals surface area contributed by atoms with E-state index < -0.39 is 6.10 Å². The summed E-state index contributed by atoms with van der Waals surface area (Å²) in [5.41, 5.74) is 1.89. The minimum atomic E-state index is -0.469. The van der Waals surface area contributed by atoms with Gasteiger partial charge in [-0.1, -0.05) is 37.6 Å². The van der Waals surface area contributed by atoms with Gasteiger partial charge in [-0.05, 0) is 61.1 Å². The minimum absolute atomic E-state index is 0.225. The molecule has 176 valence electrons. The number of methoxy groups -OCH3 is 1. The zero-order valence-corrected chi connectivity index (χ0v) is 19.8. The molecule has 2 aromatic heterocycles. The second-order valence-electron chi connectivity index (χ2n) is 9.36. The monoisotopic (exact) mass is 456 g/mol. The Labute approximate surface area is 200 Å². The number of hydrogen-bond donors (Lipinski definition) is 1. The fraction of sp³-hybridized carbons (Fsp3) is 0.393. The fourth-order valence-corrected chi connectivity index (χ4v) is 5.65. The highest BCUT2D eigenvalue weighted by atomic mass is 16.5. The second kappa shape index (κ2) is 10.0. The number of pyridine rings is 1. The van der Waals surface area contributed by atoms with Crippen molar-refractivity contribution >= 4 is 21.7 Å². The average molecular weight is 457 g/mol. The van der Waals surface area contributed by atoms with Gasteiger partial charge in [-0.15, -0.1) is 0 Å². The van der Waals surface area contributed by atoms with Crippen LogP contribution in [0.3, 0.4) is 0 Å². The third-order valence-electron chi connectivity index (χ3n) is 7.58. The van der Waals surface area contributed by atoms with E-state index in [1.54, 1.807) is 25.7 Å². The number of aromatic nitrogens is 3. The zero-order valence-electron chi connectivity index (χ0n) is 19.8. The number of aliphatic hydroxyl groups excluding tert-OH is 1. The van der Waals surface area contributed by atoms with Crippen LogP contribution in [0, 0.1) is 11.8 Å². The van der Waals surface area contributed by atoms with Crippen molar-refractivity contribution in [2.45, 2.75) is 38.3 Å². The van der Waals surface area contributed by atoms with E-state index >= 15 is 0 Å². The summed E-state index contributed by atoms with van der Waals surface area (Å²) >= 11 is 0. The van der Waals surface area contributed by atoms with E-state index in [0.717, 1.165) is 64.3 Å². The van der Waals surface area contributed by atoms with Gasteiger partial charge < -0.3 is 9.84 Å². The lowest BCUT2D eigenvalue weighted by Gasteiger charge is -2.51. The third kappa shape index (κ3) is 4.48. The maximum atomic E-state index is 11.2. The second-order valence-corrected chi connectivity index (χ2v) is 9.36. The molecule has 5 heterocycles. The van der Waals surface area contributed by atoms with Gasteiger partial charge in [0.2, 0.25) is 0 Å². The maximum Gasteiger partial charge on any atom is 0.119 e. The highest BCUT2D eigenvalue weighted by molar-refractivity contribution is 5.84. The van der Waals surface area contributed by atoms with Crippen LogP contribution in [0.4, 0.5) is 0 Å². The summed E-state index contributed by atoms with van der Waals surface area (Å²) in [6.07, 6.45) is 8.49. The highest BCUT2D eigenvalue weighted by Crippen LogP contribution is 2.42. The van der Waals surface area contributed by atoms with Crippen LogP contribution in [-0.2, 0) is 0 Å². The Morgan fingerprint density at radius 3 is 2.50 bits per heavy atom. The lowest BCUT2D eigenvalue weighted by atomic mass is 9.72. The molecule has 2 aromatic carbocycles. The number of nitrogens with zero attached hydrogens (tertiary/aromatic N) is 4. The topological polar surface area (TPSA) is 71.4 Å². The van der Waals surface area contributed by atoms with Gasteiger partial charge in [-0.2, -0.15) is 10.2 Å². The molecule has 3 saturated heterocycles. The molecule has 0 amide bonds. The van der Waals surface area contributed by atoms with E-state index in [9.17, 15) is 5.11 Å². The Bertz CT molecular complexity index is 1200. The van der Waals surface area contributed by atoms with Crippen molar-refractivity contribution in [1.29, 1.82) is 0 Å². The third-order valence-corrected chi connectivity index (χ3v) is 7.58. The summed E-state index contributed by atoms with van der Waals surface area (Å²) in [4.78, 5) is 6.94. The molecule has 3 fully saturated rings. The van der Waals surface area contributed by atoms with Gasteiger partial charge in [-0.3, -0.25) is 9.88 Å². The van der Waals surface area contributed by atoms with Crippen molar-refractivity contribution in [3.63, 3.8) is 0 Å². The van der Waals surface area contributed by atoms with Gasteiger partial charge in [0.15, 0.2) is 0 Å². The van der Waals surface area contributed by atoms with Gasteiger partial charge in [0.05, 0.1) is 31.1 Å². The number of rotatable bonds is 4. The quantitative estimate of drug-likeness (QED) is 0.465. The predicted octanol–water partition coefficient (Wildman–Crippen LogP) is 5.03. The molecule has 3 aliphatic heterocycles. The number of fused-ring (bicyclic) bond motifs is 5. The van der Waals surface area contributed by atoms with E-state index in [2.05, 4.69) is 27.0 Å². The van der Waals surface area contributed by atoms with Gasteiger partial charge in [0, 0.05) is 34.9 Å². The molecule has 6 nitrogen and oxygen atoms in total. The van der Waals surface area contributed by atoms with Crippen LogP contribution in [0.5, 0.6) is 5.75 Å². The molecule has 0 radical (unpaired) electrons. The Hall–Kier alpha value is -3.09. The Morgan fingerprint density at radius 2 is 1.85 bits per heavy atom. The van der Waals surface area contributed by atoms with E-state index in [1.807, 2.05) is 48.5 Å². The molecule has 1 N–H and O–H groups in total. The predicted molar refractivity (Wildman–Crippen MR) is 135 cm³/mol. The van der Waals surface area contributed by atoms with E-state index in [4.69, 9.17) is 4.74 Å². The summed E-state index contributed by atoms with van der Waals surface area (Å²) in [5, 5.41) is 22.0. The SMILES string of the molecule is CC[C@@H]1CN2CCC1C[C@@H]2C(O)c1ccnc2ccc(OC)cc12.c1ccc2cnncc2c1. The zero-order chi connectivity index (χ0) is 23.5. The van der Waals surface area contributed by atoms with Gasteiger partial charge in [0.25, 0.3) is 0 Å². The van der Waals surface area contributed by atoms with Crippen molar-refractivity contribution in [1.82, 2.24) is 20.1 Å². The molecular formula is C28H32N4O2. The molecule has 7 rings (SSSR count). The molecule has 34 heavy (non-hydrogen) atoms. The standard InChI is InChI=1S/C20H26N2O2.C8H6N2/c1-3-13-12-22-9-7-14(13)10-19(22)20(23)16-6-8-21-18-5-4-15(24-2)11-17(16)18;1-2-4-8-6-10-9-5-7(8)3-1/h4-6,8,11,13-14,19-20,23H,3,7,9-10,12H2,1-2H3;1-6H/t13-,14?,19-,20?;/m1./s1. The van der Waals surface area contributed by atoms with Gasteiger partial charge in [0.1, 0.15) is 5.75 Å². The molecule has 0 spiro atoms. The first-order valence-corrected chi connectivity index (χ1v) is 12.2. The van der Waals surface area contributed by atoms with Crippen molar-refractivity contribution in [3.05, 3.63) is 72.7 Å². The molecule has 6 heteroatoms. The average Bonchev–Trinajstić information content (AvgIpc) is 2.92. The first-order valence-electron chi connectivity index (χ1n) is 12.2. The minimum Gasteiger partial charge on any atom is -0.497 e. The van der Waals surface area contributed by atoms with Crippen molar-refractivity contribution in [2.75, 3.05) is 20.2 Å². The van der Waals surface area contributed by atoms with Crippen molar-refractivity contribution < 1.29 is 9.84 Å². The Kier molecular flexibility index (Phi) is 6.70. The highest BCUT2D eigenvalue weighted by Gasteiger charge is 2.42. The number of ether oxygens (including phenoxy) is 1. The summed E-state index contributed by atoms with van der Waals surface area (Å²) in [6.45, 7) is 4.55. The summed E-state index contributed by atoms with van der Waals surface area (Å²) < 4.78 is 5.36. The largest absolute Gasteiger partial charge is 0.497 e. The van der Waals surface area contributed by atoms with Crippen LogP contribution >= 0.6 is 0 Å². The molecule has 5 atom stereocenters. The van der Waals surface area contributed by atoms with Crippen LogP contribution in [0.25, 0.3) is 21.7 Å². The fourth-order valence-electron chi connectivity index (χ4n) is 5.65. The molecule has 0 aliphatic carbocycles. The first-order chi connectivity index (χ1) is 16.7. The number of hydrogen-bond acceptors (Lipinski definition) is 6. The molecule has 0 saturated carbocycles. The molecule has 3 aliphatic rings. The lowest BCUT2D eigenvalue weighted by molar-refractivity contribution is -0.0562. The van der Waals surface area contributed by atoms with Crippen LogP contribution in [0.15, 0.2) is 67.1 Å². The van der Waals surface area contributed by atoms with Crippen molar-refractivity contribution in [3.8, 4) is 5.75 Å². The first kappa shape index (κ1) is 22.7. The summed E-state index contributed by atoms with van der Waals surface area (Å²) in [5.74, 6) is 2.37. The summed E-state index contributed by atoms with van der Waals surface area (Å²) in [6, 6.07) is 16.1. The number of benzene rings is 2. The van der Waals surface area contributed by atoms with Gasteiger partial charge in [-0.25, -0.2) is 0 Å². The van der Waals surface area contributed by atoms with Crippen LogP contribution < -0.4 is 4.74 Å². The van der Waals surface area contributed by atoms with Crippen LogP contribution in [0.1, 0.15) is 37.9 Å². The Balaban J connectivity index is 0.000000200. The maximum absolute atomic E-state index is 11.2. The van der Waals surface area contributed by atoms with Gasteiger partial charge >= 0.3 is 0 Å². The van der Waals surface area contributed by atoms with E-state index in [-0.39, 0.29) is 6.04 Å². The molecule has 4 aromatic rings. The van der Waals surface area contributed by atoms with Crippen LogP contribution in [-0.4, -0.2) is 51.4 Å².